The lowest BCUT2D eigenvalue weighted by molar-refractivity contribution is 0.0927. The van der Waals surface area contributed by atoms with Gasteiger partial charge >= 0.3 is 0 Å². The molecule has 0 fully saturated rings. The fraction of sp³-hybridized carbons (Fsp3) is 0.125. The van der Waals surface area contributed by atoms with E-state index in [-0.39, 0.29) is 35.7 Å². The van der Waals surface area contributed by atoms with Gasteiger partial charge in [-0.25, -0.2) is 0 Å². The zero-order valence-electron chi connectivity index (χ0n) is 12.0. The number of carbonyl (C=O) groups excluding carboxylic acids is 2. The molecule has 0 aliphatic rings. The number of rotatable bonds is 5. The first kappa shape index (κ1) is 17.1. The second-order valence-corrected chi connectivity index (χ2v) is 5.53. The normalized spacial score (nSPS) is 10.2. The van der Waals surface area contributed by atoms with E-state index in [4.69, 9.17) is 23.2 Å². The van der Waals surface area contributed by atoms with Crippen molar-refractivity contribution in [1.82, 2.24) is 10.6 Å². The molecule has 0 aliphatic heterocycles. The lowest BCUT2D eigenvalue weighted by Crippen LogP contribution is -2.34. The highest BCUT2D eigenvalue weighted by Gasteiger charge is 2.08. The van der Waals surface area contributed by atoms with Gasteiger partial charge in [0.25, 0.3) is 11.8 Å². The first-order valence-electron chi connectivity index (χ1n) is 6.78. The van der Waals surface area contributed by atoms with Gasteiger partial charge in [-0.3, -0.25) is 9.59 Å². The minimum atomic E-state index is -0.340. The summed E-state index contributed by atoms with van der Waals surface area (Å²) in [6, 6.07) is 10.7. The van der Waals surface area contributed by atoms with Crippen molar-refractivity contribution in [2.75, 3.05) is 13.1 Å². The molecule has 0 radical (unpaired) electrons. The maximum atomic E-state index is 11.9. The van der Waals surface area contributed by atoms with Crippen molar-refractivity contribution in [2.45, 2.75) is 0 Å². The second kappa shape index (κ2) is 7.85. The van der Waals surface area contributed by atoms with Crippen molar-refractivity contribution in [1.29, 1.82) is 0 Å². The van der Waals surface area contributed by atoms with Gasteiger partial charge in [-0.2, -0.15) is 0 Å². The van der Waals surface area contributed by atoms with Crippen LogP contribution in [0.4, 0.5) is 0 Å². The van der Waals surface area contributed by atoms with E-state index in [2.05, 4.69) is 10.6 Å². The summed E-state index contributed by atoms with van der Waals surface area (Å²) in [6.07, 6.45) is 0. The lowest BCUT2D eigenvalue weighted by Gasteiger charge is -2.08. The highest BCUT2D eigenvalue weighted by atomic mass is 35.5. The largest absolute Gasteiger partial charge is 0.506 e. The Morgan fingerprint density at radius 3 is 1.96 bits per heavy atom. The number of hydrogen-bond donors (Lipinski definition) is 3. The molecule has 5 nitrogen and oxygen atoms in total. The lowest BCUT2D eigenvalue weighted by atomic mass is 10.2. The number of hydrogen-bond acceptors (Lipinski definition) is 3. The van der Waals surface area contributed by atoms with Gasteiger partial charge < -0.3 is 15.7 Å². The molecule has 0 unspecified atom stereocenters. The SMILES string of the molecule is O=C(NCCNC(=O)c1ccc(O)c(Cl)c1)c1ccc(Cl)cc1. The standard InChI is InChI=1S/C16H14Cl2N2O3/c17-12-4-1-10(2-5-12)15(22)19-7-8-20-16(23)11-3-6-14(21)13(18)9-11/h1-6,9,21H,7-8H2,(H,19,22)(H,20,23). The van der Waals surface area contributed by atoms with Crippen molar-refractivity contribution in [3.05, 3.63) is 63.6 Å². The predicted octanol–water partition coefficient (Wildman–Crippen LogP) is 2.86. The van der Waals surface area contributed by atoms with Gasteiger partial charge in [-0.15, -0.1) is 0 Å². The first-order valence-corrected chi connectivity index (χ1v) is 7.53. The summed E-state index contributed by atoms with van der Waals surface area (Å²) in [7, 11) is 0. The van der Waals surface area contributed by atoms with E-state index in [9.17, 15) is 14.7 Å². The van der Waals surface area contributed by atoms with Crippen molar-refractivity contribution in [2.24, 2.45) is 0 Å². The van der Waals surface area contributed by atoms with Gasteiger partial charge in [-0.05, 0) is 42.5 Å². The Morgan fingerprint density at radius 1 is 0.870 bits per heavy atom. The third kappa shape index (κ3) is 4.87. The van der Waals surface area contributed by atoms with Gasteiger partial charge in [-0.1, -0.05) is 23.2 Å². The van der Waals surface area contributed by atoms with Gasteiger partial charge in [0.2, 0.25) is 0 Å². The summed E-state index contributed by atoms with van der Waals surface area (Å²) in [5.74, 6) is -0.672. The van der Waals surface area contributed by atoms with Crippen LogP contribution >= 0.6 is 23.2 Å². The van der Waals surface area contributed by atoms with Gasteiger partial charge in [0.15, 0.2) is 0 Å². The summed E-state index contributed by atoms with van der Waals surface area (Å²) in [5.41, 5.74) is 0.822. The van der Waals surface area contributed by atoms with E-state index >= 15 is 0 Å². The molecular weight excluding hydrogens is 339 g/mol. The van der Waals surface area contributed by atoms with Crippen LogP contribution in [0.25, 0.3) is 0 Å². The molecular formula is C16H14Cl2N2O3. The third-order valence-electron chi connectivity index (χ3n) is 3.01. The quantitative estimate of drug-likeness (QED) is 0.724. The zero-order valence-corrected chi connectivity index (χ0v) is 13.5. The summed E-state index contributed by atoms with van der Waals surface area (Å²) in [4.78, 5) is 23.7. The molecule has 0 aliphatic carbocycles. The van der Waals surface area contributed by atoms with Crippen LogP contribution in [-0.2, 0) is 0 Å². The fourth-order valence-electron chi connectivity index (χ4n) is 1.81. The van der Waals surface area contributed by atoms with Crippen molar-refractivity contribution >= 4 is 35.0 Å². The minimum absolute atomic E-state index is 0.0848. The molecule has 2 rings (SSSR count). The highest BCUT2D eigenvalue weighted by Crippen LogP contribution is 2.23. The van der Waals surface area contributed by atoms with Crippen molar-refractivity contribution in [3.8, 4) is 5.75 Å². The predicted molar refractivity (Wildman–Crippen MR) is 89.2 cm³/mol. The Balaban J connectivity index is 1.78. The molecule has 2 amide bonds. The number of halogens is 2. The van der Waals surface area contributed by atoms with Crippen molar-refractivity contribution < 1.29 is 14.7 Å². The average molecular weight is 353 g/mol. The molecule has 3 N–H and O–H groups in total. The van der Waals surface area contributed by atoms with E-state index in [1.165, 1.54) is 18.2 Å². The van der Waals surface area contributed by atoms with Crippen molar-refractivity contribution in [3.63, 3.8) is 0 Å². The molecule has 0 atom stereocenters. The van der Waals surface area contributed by atoms with E-state index in [1.807, 2.05) is 0 Å². The Hall–Kier alpha value is -2.24. The highest BCUT2D eigenvalue weighted by molar-refractivity contribution is 6.32. The van der Waals surface area contributed by atoms with E-state index in [1.54, 1.807) is 24.3 Å². The van der Waals surface area contributed by atoms with Gasteiger partial charge in [0, 0.05) is 29.2 Å². The number of aromatic hydroxyl groups is 1. The molecule has 23 heavy (non-hydrogen) atoms. The van der Waals surface area contributed by atoms with E-state index in [0.29, 0.717) is 16.1 Å². The molecule has 0 spiro atoms. The summed E-state index contributed by atoms with van der Waals surface area (Å²) >= 11 is 11.5. The number of nitrogens with one attached hydrogen (secondary N) is 2. The maximum absolute atomic E-state index is 11.9. The van der Waals surface area contributed by atoms with Gasteiger partial charge in [0.1, 0.15) is 5.75 Å². The summed E-state index contributed by atoms with van der Waals surface area (Å²) in [5, 5.41) is 15.3. The topological polar surface area (TPSA) is 78.4 Å². The van der Waals surface area contributed by atoms with E-state index in [0.717, 1.165) is 0 Å². The van der Waals surface area contributed by atoms with E-state index < -0.39 is 0 Å². The van der Waals surface area contributed by atoms with Crippen LogP contribution in [-0.4, -0.2) is 30.0 Å². The van der Waals surface area contributed by atoms with Crippen LogP contribution in [0, 0.1) is 0 Å². The smallest absolute Gasteiger partial charge is 0.251 e. The number of carbonyl (C=O) groups is 2. The third-order valence-corrected chi connectivity index (χ3v) is 3.57. The van der Waals surface area contributed by atoms with Gasteiger partial charge in [0.05, 0.1) is 5.02 Å². The first-order chi connectivity index (χ1) is 11.0. The molecule has 120 valence electrons. The molecule has 0 saturated heterocycles. The Morgan fingerprint density at radius 2 is 1.39 bits per heavy atom. The molecule has 2 aromatic rings. The summed E-state index contributed by atoms with van der Waals surface area (Å²) in [6.45, 7) is 0.537. The molecule has 0 aromatic heterocycles. The maximum Gasteiger partial charge on any atom is 0.251 e. The van der Waals surface area contributed by atoms with Crippen LogP contribution in [0.2, 0.25) is 10.0 Å². The molecule has 0 heterocycles. The minimum Gasteiger partial charge on any atom is -0.506 e. The molecule has 0 saturated carbocycles. The molecule has 0 bridgehead atoms. The summed E-state index contributed by atoms with van der Waals surface area (Å²) < 4.78 is 0. The number of phenolic OH excluding ortho intramolecular Hbond substituents is 1. The number of phenols is 1. The Labute approximate surface area is 143 Å². The Bertz CT molecular complexity index is 718. The van der Waals surface area contributed by atoms with Crippen LogP contribution in [0.15, 0.2) is 42.5 Å². The number of benzene rings is 2. The average Bonchev–Trinajstić information content (AvgIpc) is 2.54. The second-order valence-electron chi connectivity index (χ2n) is 4.68. The Kier molecular flexibility index (Phi) is 5.84. The zero-order chi connectivity index (χ0) is 16.8. The van der Waals surface area contributed by atoms with Crippen LogP contribution in [0.1, 0.15) is 20.7 Å². The number of amides is 2. The van der Waals surface area contributed by atoms with Crippen LogP contribution < -0.4 is 10.6 Å². The van der Waals surface area contributed by atoms with Crippen LogP contribution in [0.3, 0.4) is 0 Å². The monoisotopic (exact) mass is 352 g/mol. The fourth-order valence-corrected chi connectivity index (χ4v) is 2.11. The molecule has 7 heteroatoms. The van der Waals surface area contributed by atoms with Crippen LogP contribution in [0.5, 0.6) is 5.75 Å². The molecule has 2 aromatic carbocycles.